The minimum Gasteiger partial charge on any atom is -0.450 e. The van der Waals surface area contributed by atoms with Crippen LogP contribution in [0, 0.1) is 5.92 Å². The van der Waals surface area contributed by atoms with Crippen molar-refractivity contribution in [3.63, 3.8) is 0 Å². The van der Waals surface area contributed by atoms with E-state index >= 15 is 0 Å². The maximum absolute atomic E-state index is 11.8. The zero-order valence-corrected chi connectivity index (χ0v) is 12.6. The second kappa shape index (κ2) is 10.8. The molecule has 0 aromatic rings. The highest BCUT2D eigenvalue weighted by atomic mass is 16.5. The van der Waals surface area contributed by atoms with Gasteiger partial charge in [0.2, 0.25) is 0 Å². The summed E-state index contributed by atoms with van der Waals surface area (Å²) in [5.41, 5.74) is 0. The SMILES string of the molecule is CCCOC(=O)NCCCC[C@H](NC)C(=O)C(C)C. The summed E-state index contributed by atoms with van der Waals surface area (Å²) in [6, 6.07) is -0.0768. The van der Waals surface area contributed by atoms with Gasteiger partial charge < -0.3 is 15.4 Å². The molecule has 19 heavy (non-hydrogen) atoms. The molecule has 0 radical (unpaired) electrons. The number of ether oxygens (including phenoxy) is 1. The zero-order valence-electron chi connectivity index (χ0n) is 12.6. The van der Waals surface area contributed by atoms with Gasteiger partial charge in [-0.2, -0.15) is 0 Å². The lowest BCUT2D eigenvalue weighted by molar-refractivity contribution is -0.124. The molecule has 0 aliphatic heterocycles. The molecule has 0 saturated heterocycles. The Morgan fingerprint density at radius 2 is 1.89 bits per heavy atom. The van der Waals surface area contributed by atoms with Crippen LogP contribution in [-0.2, 0) is 9.53 Å². The summed E-state index contributed by atoms with van der Waals surface area (Å²) in [5, 5.41) is 5.74. The largest absolute Gasteiger partial charge is 0.450 e. The first-order valence-corrected chi connectivity index (χ1v) is 7.14. The van der Waals surface area contributed by atoms with Gasteiger partial charge >= 0.3 is 6.09 Å². The third kappa shape index (κ3) is 8.59. The van der Waals surface area contributed by atoms with E-state index in [2.05, 4.69) is 10.6 Å². The average molecular weight is 272 g/mol. The molecular weight excluding hydrogens is 244 g/mol. The van der Waals surface area contributed by atoms with Crippen LogP contribution >= 0.6 is 0 Å². The van der Waals surface area contributed by atoms with Crippen LogP contribution in [0.25, 0.3) is 0 Å². The van der Waals surface area contributed by atoms with Crippen molar-refractivity contribution in [3.05, 3.63) is 0 Å². The van der Waals surface area contributed by atoms with E-state index in [0.29, 0.717) is 13.2 Å². The molecule has 0 saturated carbocycles. The number of likely N-dealkylation sites (N-methyl/N-ethyl adjacent to an activating group) is 1. The van der Waals surface area contributed by atoms with Crippen LogP contribution < -0.4 is 10.6 Å². The lowest BCUT2D eigenvalue weighted by Crippen LogP contribution is -2.36. The Balaban J connectivity index is 3.67. The van der Waals surface area contributed by atoms with Crippen molar-refractivity contribution >= 4 is 11.9 Å². The van der Waals surface area contributed by atoms with Crippen molar-refractivity contribution < 1.29 is 14.3 Å². The van der Waals surface area contributed by atoms with Crippen LogP contribution in [0.2, 0.25) is 0 Å². The zero-order chi connectivity index (χ0) is 14.7. The first-order valence-electron chi connectivity index (χ1n) is 7.14. The Labute approximate surface area is 116 Å². The number of Topliss-reactive ketones (excluding diaryl/α,β-unsaturated/α-hetero) is 1. The van der Waals surface area contributed by atoms with Crippen LogP contribution in [-0.4, -0.2) is 38.1 Å². The molecule has 1 atom stereocenters. The molecule has 0 aromatic heterocycles. The molecule has 5 heteroatoms. The van der Waals surface area contributed by atoms with Crippen LogP contribution in [0.5, 0.6) is 0 Å². The molecule has 112 valence electrons. The Kier molecular flexibility index (Phi) is 10.2. The number of alkyl carbamates (subject to hydrolysis) is 1. The molecule has 5 nitrogen and oxygen atoms in total. The number of carbonyl (C=O) groups is 2. The topological polar surface area (TPSA) is 67.4 Å². The number of carbonyl (C=O) groups excluding carboxylic acids is 2. The second-order valence-electron chi connectivity index (χ2n) is 4.96. The molecule has 0 fully saturated rings. The lowest BCUT2D eigenvalue weighted by atomic mass is 9.97. The van der Waals surface area contributed by atoms with Crippen molar-refractivity contribution in [2.24, 2.45) is 5.92 Å². The van der Waals surface area contributed by atoms with E-state index in [0.717, 1.165) is 25.7 Å². The number of amides is 1. The number of nitrogens with one attached hydrogen (secondary N) is 2. The van der Waals surface area contributed by atoms with Gasteiger partial charge in [0.05, 0.1) is 12.6 Å². The van der Waals surface area contributed by atoms with Crippen molar-refractivity contribution in [1.82, 2.24) is 10.6 Å². The summed E-state index contributed by atoms with van der Waals surface area (Å²) in [4.78, 5) is 23.0. The highest BCUT2D eigenvalue weighted by Gasteiger charge is 2.18. The Bertz CT molecular complexity index is 267. The molecule has 0 aliphatic carbocycles. The molecule has 1 amide bonds. The number of hydrogen-bond donors (Lipinski definition) is 2. The van der Waals surface area contributed by atoms with Crippen molar-refractivity contribution in [1.29, 1.82) is 0 Å². The molecule has 0 aliphatic rings. The van der Waals surface area contributed by atoms with Crippen LogP contribution in [0.15, 0.2) is 0 Å². The minimum absolute atomic E-state index is 0.0552. The number of rotatable bonds is 10. The van der Waals surface area contributed by atoms with E-state index < -0.39 is 0 Å². The van der Waals surface area contributed by atoms with Crippen LogP contribution in [0.1, 0.15) is 46.5 Å². The van der Waals surface area contributed by atoms with Gasteiger partial charge in [-0.15, -0.1) is 0 Å². The first kappa shape index (κ1) is 17.9. The summed E-state index contributed by atoms with van der Waals surface area (Å²) in [6.07, 6.45) is 3.03. The molecule has 0 spiro atoms. The van der Waals surface area contributed by atoms with Crippen molar-refractivity contribution in [3.8, 4) is 0 Å². The molecule has 0 unspecified atom stereocenters. The second-order valence-corrected chi connectivity index (χ2v) is 4.96. The molecule has 0 bridgehead atoms. The van der Waals surface area contributed by atoms with Crippen LogP contribution in [0.3, 0.4) is 0 Å². The summed E-state index contributed by atoms with van der Waals surface area (Å²) in [5.74, 6) is 0.303. The van der Waals surface area contributed by atoms with Gasteiger partial charge in [0, 0.05) is 12.5 Å². The van der Waals surface area contributed by atoms with Gasteiger partial charge in [-0.05, 0) is 32.7 Å². The van der Waals surface area contributed by atoms with E-state index in [4.69, 9.17) is 4.74 Å². The van der Waals surface area contributed by atoms with Gasteiger partial charge in [0.25, 0.3) is 0 Å². The van der Waals surface area contributed by atoms with Gasteiger partial charge in [0.15, 0.2) is 5.78 Å². The van der Waals surface area contributed by atoms with E-state index in [1.54, 1.807) is 0 Å². The molecule has 0 rings (SSSR count). The maximum atomic E-state index is 11.8. The highest BCUT2D eigenvalue weighted by Crippen LogP contribution is 2.07. The Morgan fingerprint density at radius 3 is 2.42 bits per heavy atom. The van der Waals surface area contributed by atoms with Crippen molar-refractivity contribution in [2.75, 3.05) is 20.2 Å². The predicted molar refractivity (Wildman–Crippen MR) is 76.2 cm³/mol. The Hall–Kier alpha value is -1.10. The lowest BCUT2D eigenvalue weighted by Gasteiger charge is -2.17. The molecule has 2 N–H and O–H groups in total. The predicted octanol–water partition coefficient (Wildman–Crippen LogP) is 2.11. The van der Waals surface area contributed by atoms with Gasteiger partial charge in [-0.3, -0.25) is 4.79 Å². The van der Waals surface area contributed by atoms with E-state index in [1.807, 2.05) is 27.8 Å². The van der Waals surface area contributed by atoms with Gasteiger partial charge in [-0.25, -0.2) is 4.79 Å². The fourth-order valence-corrected chi connectivity index (χ4v) is 1.74. The monoisotopic (exact) mass is 272 g/mol. The number of unbranched alkanes of at least 4 members (excludes halogenated alkanes) is 1. The molecule has 0 heterocycles. The van der Waals surface area contributed by atoms with Gasteiger partial charge in [0.1, 0.15) is 0 Å². The molecule has 0 aromatic carbocycles. The van der Waals surface area contributed by atoms with Gasteiger partial charge in [-0.1, -0.05) is 20.8 Å². The maximum Gasteiger partial charge on any atom is 0.407 e. The minimum atomic E-state index is -0.356. The quantitative estimate of drug-likeness (QED) is 0.598. The normalized spacial score (nSPS) is 12.3. The Morgan fingerprint density at radius 1 is 1.21 bits per heavy atom. The smallest absolute Gasteiger partial charge is 0.407 e. The van der Waals surface area contributed by atoms with Crippen LogP contribution in [0.4, 0.5) is 4.79 Å². The fourth-order valence-electron chi connectivity index (χ4n) is 1.74. The third-order valence-electron chi connectivity index (χ3n) is 2.89. The number of hydrogen-bond acceptors (Lipinski definition) is 4. The number of ketones is 1. The summed E-state index contributed by atoms with van der Waals surface area (Å²) in [6.45, 7) is 6.83. The summed E-state index contributed by atoms with van der Waals surface area (Å²) in [7, 11) is 1.81. The van der Waals surface area contributed by atoms with E-state index in [1.165, 1.54) is 0 Å². The standard InChI is InChI=1S/C14H28N2O3/c1-5-10-19-14(18)16-9-7-6-8-12(15-4)13(17)11(2)3/h11-12,15H,5-10H2,1-4H3,(H,16,18)/t12-/m0/s1. The molecular formula is C14H28N2O3. The van der Waals surface area contributed by atoms with E-state index in [-0.39, 0.29) is 23.8 Å². The fraction of sp³-hybridized carbons (Fsp3) is 0.857. The van der Waals surface area contributed by atoms with Crippen molar-refractivity contribution in [2.45, 2.75) is 52.5 Å². The summed E-state index contributed by atoms with van der Waals surface area (Å²) >= 11 is 0. The average Bonchev–Trinajstić information content (AvgIpc) is 2.39. The first-order chi connectivity index (χ1) is 9.02. The summed E-state index contributed by atoms with van der Waals surface area (Å²) < 4.78 is 4.89. The third-order valence-corrected chi connectivity index (χ3v) is 2.89. The van der Waals surface area contributed by atoms with E-state index in [9.17, 15) is 9.59 Å². The highest BCUT2D eigenvalue weighted by molar-refractivity contribution is 5.85.